The average molecular weight is 291 g/mol. The lowest BCUT2D eigenvalue weighted by molar-refractivity contribution is 0.154. The Morgan fingerprint density at radius 2 is 1.90 bits per heavy atom. The summed E-state index contributed by atoms with van der Waals surface area (Å²) in [4.78, 5) is 9.31. The molecule has 0 bridgehead atoms. The molecule has 1 aromatic heterocycles. The van der Waals surface area contributed by atoms with Gasteiger partial charge in [0.25, 0.3) is 0 Å². The molecule has 1 aliphatic carbocycles. The molecule has 1 heterocycles. The molecule has 0 aromatic carbocycles. The van der Waals surface area contributed by atoms with Crippen LogP contribution in [0.5, 0.6) is 0 Å². The Bertz CT molecular complexity index is 480. The van der Waals surface area contributed by atoms with Gasteiger partial charge in [-0.2, -0.15) is 0 Å². The Morgan fingerprint density at radius 1 is 1.19 bits per heavy atom. The van der Waals surface area contributed by atoms with Crippen molar-refractivity contribution in [3.8, 4) is 0 Å². The van der Waals surface area contributed by atoms with Crippen molar-refractivity contribution in [3.05, 3.63) is 17.1 Å². The number of aryl methyl sites for hydroxylation is 1. The molecule has 0 amide bonds. The van der Waals surface area contributed by atoms with Gasteiger partial charge in [0.1, 0.15) is 11.9 Å². The molecule has 118 valence electrons. The third kappa shape index (κ3) is 4.40. The summed E-state index contributed by atoms with van der Waals surface area (Å²) < 4.78 is 0. The highest BCUT2D eigenvalue weighted by Gasteiger charge is 2.23. The molecule has 0 saturated carbocycles. The molecule has 4 heteroatoms. The van der Waals surface area contributed by atoms with E-state index < -0.39 is 6.10 Å². The second-order valence-corrected chi connectivity index (χ2v) is 7.10. The minimum atomic E-state index is -0.544. The predicted octanol–water partition coefficient (Wildman–Crippen LogP) is 3.79. The number of hydrogen-bond donors (Lipinski definition) is 2. The zero-order chi connectivity index (χ0) is 15.5. The summed E-state index contributed by atoms with van der Waals surface area (Å²) in [5.41, 5.74) is 2.35. The zero-order valence-electron chi connectivity index (χ0n) is 13.9. The quantitative estimate of drug-likeness (QED) is 0.866. The lowest BCUT2D eigenvalue weighted by Gasteiger charge is -2.27. The van der Waals surface area contributed by atoms with Gasteiger partial charge in [-0.3, -0.25) is 0 Å². The fourth-order valence-corrected chi connectivity index (χ4v) is 2.75. The highest BCUT2D eigenvalue weighted by molar-refractivity contribution is 5.49. The maximum atomic E-state index is 10.3. The van der Waals surface area contributed by atoms with E-state index in [4.69, 9.17) is 0 Å². The summed E-state index contributed by atoms with van der Waals surface area (Å²) in [6.07, 6.45) is 6.71. The van der Waals surface area contributed by atoms with Crippen LogP contribution in [0.1, 0.15) is 83.0 Å². The number of nitrogens with zero attached hydrogens (tertiary/aromatic N) is 2. The van der Waals surface area contributed by atoms with Crippen molar-refractivity contribution in [2.45, 2.75) is 84.3 Å². The van der Waals surface area contributed by atoms with E-state index >= 15 is 0 Å². The Kier molecular flexibility index (Phi) is 5.20. The van der Waals surface area contributed by atoms with Crippen LogP contribution in [0.15, 0.2) is 0 Å². The van der Waals surface area contributed by atoms with Crippen LogP contribution in [0, 0.1) is 0 Å². The molecule has 0 radical (unpaired) electrons. The topological polar surface area (TPSA) is 58.0 Å². The molecule has 1 aliphatic rings. The SMILES string of the molecule is CCCCC(O)c1nc2c(c(NC(C)(C)C)n1)CCCC2. The molecule has 0 saturated heterocycles. The van der Waals surface area contributed by atoms with E-state index in [1.807, 2.05) is 0 Å². The lowest BCUT2D eigenvalue weighted by Crippen LogP contribution is -2.29. The first-order valence-electron chi connectivity index (χ1n) is 8.26. The molecular weight excluding hydrogens is 262 g/mol. The lowest BCUT2D eigenvalue weighted by atomic mass is 9.95. The number of aromatic nitrogens is 2. The van der Waals surface area contributed by atoms with Crippen molar-refractivity contribution >= 4 is 5.82 Å². The average Bonchev–Trinajstić information content (AvgIpc) is 2.43. The van der Waals surface area contributed by atoms with Crippen molar-refractivity contribution < 1.29 is 5.11 Å². The molecule has 1 aromatic rings. The molecule has 21 heavy (non-hydrogen) atoms. The Balaban J connectivity index is 2.32. The molecule has 1 atom stereocenters. The number of aliphatic hydroxyl groups is 1. The second-order valence-electron chi connectivity index (χ2n) is 7.10. The number of rotatable bonds is 5. The predicted molar refractivity (Wildman–Crippen MR) is 86.5 cm³/mol. The number of unbranched alkanes of at least 4 members (excludes halogenated alkanes) is 1. The van der Waals surface area contributed by atoms with Crippen LogP contribution in [0.4, 0.5) is 5.82 Å². The van der Waals surface area contributed by atoms with Gasteiger partial charge in [-0.05, 0) is 52.9 Å². The highest BCUT2D eigenvalue weighted by atomic mass is 16.3. The first-order valence-corrected chi connectivity index (χ1v) is 8.26. The molecule has 4 nitrogen and oxygen atoms in total. The van der Waals surface area contributed by atoms with Crippen molar-refractivity contribution in [2.24, 2.45) is 0 Å². The minimum absolute atomic E-state index is 0.0365. The maximum absolute atomic E-state index is 10.3. The largest absolute Gasteiger partial charge is 0.385 e. The summed E-state index contributed by atoms with van der Waals surface area (Å²) in [7, 11) is 0. The molecule has 2 N–H and O–H groups in total. The summed E-state index contributed by atoms with van der Waals surface area (Å²) in [6.45, 7) is 8.54. The summed E-state index contributed by atoms with van der Waals surface area (Å²) in [5.74, 6) is 1.52. The maximum Gasteiger partial charge on any atom is 0.159 e. The van der Waals surface area contributed by atoms with Gasteiger partial charge < -0.3 is 10.4 Å². The summed E-state index contributed by atoms with van der Waals surface area (Å²) in [5, 5.41) is 13.8. The van der Waals surface area contributed by atoms with Gasteiger partial charge in [-0.1, -0.05) is 19.8 Å². The first kappa shape index (κ1) is 16.2. The van der Waals surface area contributed by atoms with E-state index in [1.165, 1.54) is 18.4 Å². The highest BCUT2D eigenvalue weighted by Crippen LogP contribution is 2.29. The van der Waals surface area contributed by atoms with Gasteiger partial charge in [0, 0.05) is 16.8 Å². The van der Waals surface area contributed by atoms with E-state index in [-0.39, 0.29) is 5.54 Å². The number of hydrogen-bond acceptors (Lipinski definition) is 4. The number of fused-ring (bicyclic) bond motifs is 1. The van der Waals surface area contributed by atoms with Crippen LogP contribution in [-0.4, -0.2) is 20.6 Å². The standard InChI is InChI=1S/C17H29N3O/c1-5-6-11-14(21)16-18-13-10-8-7-9-12(13)15(19-16)20-17(2,3)4/h14,21H,5-11H2,1-4H3,(H,18,19,20). The fraction of sp³-hybridized carbons (Fsp3) is 0.765. The van der Waals surface area contributed by atoms with Crippen molar-refractivity contribution in [2.75, 3.05) is 5.32 Å². The minimum Gasteiger partial charge on any atom is -0.385 e. The normalized spacial score (nSPS) is 16.4. The van der Waals surface area contributed by atoms with Gasteiger partial charge in [-0.25, -0.2) is 9.97 Å². The first-order chi connectivity index (χ1) is 9.90. The van der Waals surface area contributed by atoms with Gasteiger partial charge in [0.05, 0.1) is 0 Å². The molecule has 0 aliphatic heterocycles. The van der Waals surface area contributed by atoms with Crippen LogP contribution in [-0.2, 0) is 12.8 Å². The zero-order valence-corrected chi connectivity index (χ0v) is 13.9. The Labute approximate surface area is 128 Å². The van der Waals surface area contributed by atoms with E-state index in [9.17, 15) is 5.11 Å². The smallest absolute Gasteiger partial charge is 0.159 e. The monoisotopic (exact) mass is 291 g/mol. The van der Waals surface area contributed by atoms with Gasteiger partial charge in [-0.15, -0.1) is 0 Å². The molecule has 2 rings (SSSR count). The second kappa shape index (κ2) is 6.73. The summed E-state index contributed by atoms with van der Waals surface area (Å²) in [6, 6.07) is 0. The van der Waals surface area contributed by atoms with Gasteiger partial charge >= 0.3 is 0 Å². The van der Waals surface area contributed by atoms with Crippen LogP contribution < -0.4 is 5.32 Å². The van der Waals surface area contributed by atoms with Gasteiger partial charge in [0.2, 0.25) is 0 Å². The molecule has 0 spiro atoms. The molecule has 1 unspecified atom stereocenters. The number of anilines is 1. The Morgan fingerprint density at radius 3 is 2.57 bits per heavy atom. The van der Waals surface area contributed by atoms with Crippen LogP contribution in [0.2, 0.25) is 0 Å². The Hall–Kier alpha value is -1.16. The summed E-state index contributed by atoms with van der Waals surface area (Å²) >= 11 is 0. The van der Waals surface area contributed by atoms with Crippen LogP contribution in [0.25, 0.3) is 0 Å². The van der Waals surface area contributed by atoms with E-state index in [0.29, 0.717) is 5.82 Å². The van der Waals surface area contributed by atoms with Crippen molar-refractivity contribution in [1.29, 1.82) is 0 Å². The van der Waals surface area contributed by atoms with Crippen molar-refractivity contribution in [3.63, 3.8) is 0 Å². The van der Waals surface area contributed by atoms with E-state index in [2.05, 4.69) is 43.0 Å². The van der Waals surface area contributed by atoms with Crippen LogP contribution >= 0.6 is 0 Å². The van der Waals surface area contributed by atoms with Crippen molar-refractivity contribution in [1.82, 2.24) is 9.97 Å². The third-order valence-electron chi connectivity index (χ3n) is 3.82. The van der Waals surface area contributed by atoms with E-state index in [1.54, 1.807) is 0 Å². The molecule has 0 fully saturated rings. The molecular formula is C17H29N3O. The number of aliphatic hydroxyl groups excluding tert-OH is 1. The van der Waals surface area contributed by atoms with E-state index in [0.717, 1.165) is 43.6 Å². The fourth-order valence-electron chi connectivity index (χ4n) is 2.75. The van der Waals surface area contributed by atoms with Gasteiger partial charge in [0.15, 0.2) is 5.82 Å². The third-order valence-corrected chi connectivity index (χ3v) is 3.82. The number of nitrogens with one attached hydrogen (secondary N) is 1. The van der Waals surface area contributed by atoms with Crippen LogP contribution in [0.3, 0.4) is 0 Å².